The highest BCUT2D eigenvalue weighted by molar-refractivity contribution is 6.74. The van der Waals surface area contributed by atoms with E-state index in [-0.39, 0.29) is 0 Å². The van der Waals surface area contributed by atoms with Gasteiger partial charge in [0.2, 0.25) is 0 Å². The lowest BCUT2D eigenvalue weighted by Crippen LogP contribution is -2.42. The number of rotatable bonds is 2. The van der Waals surface area contributed by atoms with Crippen LogP contribution in [0.15, 0.2) is 11.6 Å². The summed E-state index contributed by atoms with van der Waals surface area (Å²) in [7, 11) is -1.40. The van der Waals surface area contributed by atoms with E-state index >= 15 is 0 Å². The van der Waals surface area contributed by atoms with Crippen LogP contribution in [0.1, 0.15) is 45.4 Å². The second kappa shape index (κ2) is 4.83. The molecular weight excluding hydrogens is 200 g/mol. The molecule has 0 aromatic rings. The molecule has 0 bridgehead atoms. The van der Waals surface area contributed by atoms with Crippen LogP contribution in [0.4, 0.5) is 0 Å². The van der Waals surface area contributed by atoms with Crippen molar-refractivity contribution in [2.24, 2.45) is 0 Å². The van der Waals surface area contributed by atoms with E-state index in [1.54, 1.807) is 5.57 Å². The molecule has 2 heteroatoms. The van der Waals surface area contributed by atoms with Crippen molar-refractivity contribution in [3.05, 3.63) is 11.6 Å². The largest absolute Gasteiger partial charge is 0.416 e. The first-order chi connectivity index (χ1) is 7.22. The molecule has 2 aliphatic rings. The monoisotopic (exact) mass is 224 g/mol. The van der Waals surface area contributed by atoms with Gasteiger partial charge in [0.1, 0.15) is 0 Å². The van der Waals surface area contributed by atoms with Crippen LogP contribution in [0.5, 0.6) is 0 Å². The van der Waals surface area contributed by atoms with Gasteiger partial charge in [-0.15, -0.1) is 0 Å². The van der Waals surface area contributed by atoms with Crippen LogP contribution in [0.3, 0.4) is 0 Å². The predicted molar refractivity (Wildman–Crippen MR) is 67.6 cm³/mol. The first-order valence-corrected chi connectivity index (χ1v) is 9.24. The fourth-order valence-corrected chi connectivity index (χ4v) is 6.38. The molecule has 0 aromatic heterocycles. The molecule has 0 saturated carbocycles. The molecule has 1 aliphatic carbocycles. The SMILES string of the molecule is CC(C1=CCCCC1)[Si]1(C)CCCCO1. The summed E-state index contributed by atoms with van der Waals surface area (Å²) >= 11 is 0. The molecule has 1 heterocycles. The third kappa shape index (κ3) is 2.54. The van der Waals surface area contributed by atoms with Gasteiger partial charge in [-0.1, -0.05) is 25.0 Å². The van der Waals surface area contributed by atoms with Crippen molar-refractivity contribution < 1.29 is 4.43 Å². The van der Waals surface area contributed by atoms with E-state index in [0.717, 1.165) is 12.1 Å². The van der Waals surface area contributed by atoms with Gasteiger partial charge in [-0.05, 0) is 50.2 Å². The molecule has 0 N–H and O–H groups in total. The van der Waals surface area contributed by atoms with Crippen molar-refractivity contribution in [3.63, 3.8) is 0 Å². The predicted octanol–water partition coefficient (Wildman–Crippen LogP) is 4.26. The molecule has 2 rings (SSSR count). The van der Waals surface area contributed by atoms with Crippen molar-refractivity contribution in [2.75, 3.05) is 6.61 Å². The zero-order chi connectivity index (χ0) is 10.7. The molecule has 86 valence electrons. The van der Waals surface area contributed by atoms with Crippen molar-refractivity contribution in [3.8, 4) is 0 Å². The molecule has 1 aliphatic heterocycles. The lowest BCUT2D eigenvalue weighted by atomic mass is 9.97. The minimum Gasteiger partial charge on any atom is -0.416 e. The molecular formula is C13H24OSi. The van der Waals surface area contributed by atoms with E-state index in [2.05, 4.69) is 19.5 Å². The quantitative estimate of drug-likeness (QED) is 0.503. The zero-order valence-corrected chi connectivity index (χ0v) is 11.2. The van der Waals surface area contributed by atoms with Gasteiger partial charge >= 0.3 is 0 Å². The number of allylic oxidation sites excluding steroid dienone is 2. The number of hydrogen-bond donors (Lipinski definition) is 0. The van der Waals surface area contributed by atoms with E-state index < -0.39 is 8.32 Å². The van der Waals surface area contributed by atoms with Crippen molar-refractivity contribution in [1.29, 1.82) is 0 Å². The van der Waals surface area contributed by atoms with E-state index in [9.17, 15) is 0 Å². The van der Waals surface area contributed by atoms with Gasteiger partial charge in [0.25, 0.3) is 0 Å². The third-order valence-electron chi connectivity index (χ3n) is 4.30. The summed E-state index contributed by atoms with van der Waals surface area (Å²) in [5, 5.41) is 0. The highest BCUT2D eigenvalue weighted by Crippen LogP contribution is 2.40. The summed E-state index contributed by atoms with van der Waals surface area (Å²) in [5.74, 6) is 0. The zero-order valence-electron chi connectivity index (χ0n) is 10.2. The van der Waals surface area contributed by atoms with E-state index in [4.69, 9.17) is 4.43 Å². The minimum atomic E-state index is -1.40. The Kier molecular flexibility index (Phi) is 3.67. The summed E-state index contributed by atoms with van der Waals surface area (Å²) in [4.78, 5) is 0. The molecule has 0 aromatic carbocycles. The van der Waals surface area contributed by atoms with Gasteiger partial charge in [-0.2, -0.15) is 0 Å². The van der Waals surface area contributed by atoms with Crippen LogP contribution in [-0.2, 0) is 4.43 Å². The van der Waals surface area contributed by atoms with Gasteiger partial charge in [0.05, 0.1) is 0 Å². The lowest BCUT2D eigenvalue weighted by molar-refractivity contribution is 0.265. The van der Waals surface area contributed by atoms with Crippen LogP contribution in [0.25, 0.3) is 0 Å². The van der Waals surface area contributed by atoms with Crippen molar-refractivity contribution in [2.45, 2.75) is 63.6 Å². The first-order valence-electron chi connectivity index (χ1n) is 6.55. The van der Waals surface area contributed by atoms with Crippen LogP contribution >= 0.6 is 0 Å². The smallest absolute Gasteiger partial charge is 0.196 e. The molecule has 2 unspecified atom stereocenters. The Morgan fingerprint density at radius 2 is 2.13 bits per heavy atom. The Morgan fingerprint density at radius 1 is 1.27 bits per heavy atom. The van der Waals surface area contributed by atoms with Crippen LogP contribution in [0, 0.1) is 0 Å². The molecule has 2 atom stereocenters. The maximum absolute atomic E-state index is 6.18. The summed E-state index contributed by atoms with van der Waals surface area (Å²) in [6.45, 7) is 5.90. The highest BCUT2D eigenvalue weighted by atomic mass is 28.4. The van der Waals surface area contributed by atoms with E-state index in [1.165, 1.54) is 44.6 Å². The summed E-state index contributed by atoms with van der Waals surface area (Å²) in [6, 6.07) is 1.38. The van der Waals surface area contributed by atoms with Crippen molar-refractivity contribution in [1.82, 2.24) is 0 Å². The second-order valence-corrected chi connectivity index (χ2v) is 9.64. The topological polar surface area (TPSA) is 9.23 Å². The molecule has 1 saturated heterocycles. The Morgan fingerprint density at radius 3 is 2.73 bits per heavy atom. The van der Waals surface area contributed by atoms with Gasteiger partial charge in [-0.25, -0.2) is 0 Å². The average molecular weight is 224 g/mol. The molecule has 1 fully saturated rings. The van der Waals surface area contributed by atoms with Crippen molar-refractivity contribution >= 4 is 8.32 Å². The number of hydrogen-bond acceptors (Lipinski definition) is 1. The van der Waals surface area contributed by atoms with Crippen LogP contribution in [0.2, 0.25) is 18.1 Å². The maximum Gasteiger partial charge on any atom is 0.196 e. The molecule has 0 radical (unpaired) electrons. The van der Waals surface area contributed by atoms with Gasteiger partial charge in [-0.3, -0.25) is 0 Å². The average Bonchev–Trinajstić information content (AvgIpc) is 2.30. The maximum atomic E-state index is 6.18. The van der Waals surface area contributed by atoms with E-state index in [0.29, 0.717) is 0 Å². The van der Waals surface area contributed by atoms with Gasteiger partial charge in [0, 0.05) is 6.61 Å². The fraction of sp³-hybridized carbons (Fsp3) is 0.846. The second-order valence-electron chi connectivity index (χ2n) is 5.36. The summed E-state index contributed by atoms with van der Waals surface area (Å²) in [5.41, 5.74) is 2.48. The van der Waals surface area contributed by atoms with Crippen LogP contribution < -0.4 is 0 Å². The fourth-order valence-electron chi connectivity index (χ4n) is 2.95. The van der Waals surface area contributed by atoms with E-state index in [1.807, 2.05) is 0 Å². The standard InChI is InChI=1S/C13H24OSi/c1-12(13-8-4-3-5-9-13)15(2)11-7-6-10-14-15/h8,12H,3-7,9-11H2,1-2H3. The summed E-state index contributed by atoms with van der Waals surface area (Å²) < 4.78 is 6.18. The highest BCUT2D eigenvalue weighted by Gasteiger charge is 2.38. The Bertz CT molecular complexity index is 241. The summed E-state index contributed by atoms with van der Waals surface area (Å²) in [6.07, 6.45) is 10.6. The molecule has 0 amide bonds. The van der Waals surface area contributed by atoms with Crippen LogP contribution in [-0.4, -0.2) is 14.9 Å². The molecule has 1 nitrogen and oxygen atoms in total. The Balaban J connectivity index is 2.04. The minimum absolute atomic E-state index is 0.762. The lowest BCUT2D eigenvalue weighted by Gasteiger charge is -2.38. The normalized spacial score (nSPS) is 34.7. The van der Waals surface area contributed by atoms with Gasteiger partial charge < -0.3 is 4.43 Å². The first kappa shape index (κ1) is 11.4. The Hall–Kier alpha value is -0.0831. The molecule has 0 spiro atoms. The van der Waals surface area contributed by atoms with Gasteiger partial charge in [0.15, 0.2) is 8.32 Å². The molecule has 15 heavy (non-hydrogen) atoms. The Labute approximate surface area is 95.0 Å². The third-order valence-corrected chi connectivity index (χ3v) is 8.71.